The van der Waals surface area contributed by atoms with Gasteiger partial charge in [-0.3, -0.25) is 4.79 Å². The molecule has 0 aromatic heterocycles. The number of amides is 1. The van der Waals surface area contributed by atoms with E-state index in [9.17, 15) is 4.79 Å². The molecule has 2 aromatic carbocycles. The highest BCUT2D eigenvalue weighted by Gasteiger charge is 2.32. The van der Waals surface area contributed by atoms with Gasteiger partial charge < -0.3 is 15.4 Å². The number of fused-ring (bicyclic) bond motifs is 2. The summed E-state index contributed by atoms with van der Waals surface area (Å²) in [5, 5.41) is 6.19. The van der Waals surface area contributed by atoms with Crippen molar-refractivity contribution in [1.82, 2.24) is 0 Å². The average Bonchev–Trinajstić information content (AvgIpc) is 3.07. The van der Waals surface area contributed by atoms with Crippen LogP contribution in [-0.2, 0) is 16.1 Å². The number of ether oxygens (including phenoxy) is 1. The van der Waals surface area contributed by atoms with Crippen LogP contribution in [0.25, 0.3) is 11.3 Å². The van der Waals surface area contributed by atoms with Gasteiger partial charge in [-0.1, -0.05) is 18.2 Å². The van der Waals surface area contributed by atoms with Gasteiger partial charge in [0, 0.05) is 34.6 Å². The molecule has 2 N–H and O–H groups in total. The fraction of sp³-hybridized carbons (Fsp3) is 0.167. The Morgan fingerprint density at radius 2 is 2.05 bits per heavy atom. The number of carbonyl (C=O) groups excluding carboxylic acids is 1. The SMILES string of the molecule is CCNc1ccc2c(c1)CO/C2=C1/C(=O)Nc2ccccc21. The van der Waals surface area contributed by atoms with E-state index in [0.29, 0.717) is 17.9 Å². The topological polar surface area (TPSA) is 50.4 Å². The van der Waals surface area contributed by atoms with Gasteiger partial charge in [-0.25, -0.2) is 0 Å². The summed E-state index contributed by atoms with van der Waals surface area (Å²) in [5.41, 5.74) is 5.57. The standard InChI is InChI=1S/C18H16N2O2/c1-2-19-12-7-8-13-11(9-12)10-22-17(13)16-14-5-3-4-6-15(14)20-18(16)21/h3-9,19H,2,10H2,1H3,(H,20,21)/b17-16+. The zero-order valence-electron chi connectivity index (χ0n) is 12.3. The van der Waals surface area contributed by atoms with Gasteiger partial charge in [-0.15, -0.1) is 0 Å². The molecule has 0 unspecified atom stereocenters. The molecule has 0 saturated carbocycles. The van der Waals surface area contributed by atoms with E-state index < -0.39 is 0 Å². The van der Waals surface area contributed by atoms with E-state index in [1.807, 2.05) is 36.4 Å². The largest absolute Gasteiger partial charge is 0.487 e. The third kappa shape index (κ3) is 1.88. The highest BCUT2D eigenvalue weighted by molar-refractivity contribution is 6.36. The predicted molar refractivity (Wildman–Crippen MR) is 87.3 cm³/mol. The van der Waals surface area contributed by atoms with Crippen molar-refractivity contribution in [3.8, 4) is 0 Å². The molecule has 0 spiro atoms. The number of carbonyl (C=O) groups is 1. The van der Waals surface area contributed by atoms with Crippen molar-refractivity contribution in [2.24, 2.45) is 0 Å². The number of hydrogen-bond acceptors (Lipinski definition) is 3. The maximum Gasteiger partial charge on any atom is 0.260 e. The first-order chi connectivity index (χ1) is 10.8. The monoisotopic (exact) mass is 292 g/mol. The molecule has 0 radical (unpaired) electrons. The summed E-state index contributed by atoms with van der Waals surface area (Å²) in [7, 11) is 0. The zero-order valence-corrected chi connectivity index (χ0v) is 12.3. The highest BCUT2D eigenvalue weighted by Crippen LogP contribution is 2.41. The molecule has 2 aliphatic heterocycles. The number of anilines is 2. The van der Waals surface area contributed by atoms with Gasteiger partial charge in [0.2, 0.25) is 0 Å². The van der Waals surface area contributed by atoms with Crippen LogP contribution >= 0.6 is 0 Å². The Bertz CT molecular complexity index is 808. The summed E-state index contributed by atoms with van der Waals surface area (Å²) < 4.78 is 5.86. The van der Waals surface area contributed by atoms with Crippen molar-refractivity contribution in [3.05, 3.63) is 59.2 Å². The lowest BCUT2D eigenvalue weighted by molar-refractivity contribution is -0.110. The van der Waals surface area contributed by atoms with Crippen molar-refractivity contribution in [1.29, 1.82) is 0 Å². The second-order valence-corrected chi connectivity index (χ2v) is 5.39. The van der Waals surface area contributed by atoms with Gasteiger partial charge in [0.25, 0.3) is 5.91 Å². The Kier molecular flexibility index (Phi) is 2.89. The van der Waals surface area contributed by atoms with Crippen LogP contribution in [-0.4, -0.2) is 12.5 Å². The Morgan fingerprint density at radius 1 is 1.18 bits per heavy atom. The first kappa shape index (κ1) is 13.0. The van der Waals surface area contributed by atoms with Crippen molar-refractivity contribution >= 4 is 28.6 Å². The van der Waals surface area contributed by atoms with Gasteiger partial charge >= 0.3 is 0 Å². The summed E-state index contributed by atoms with van der Waals surface area (Å²) in [5.74, 6) is 0.584. The molecule has 0 bridgehead atoms. The smallest absolute Gasteiger partial charge is 0.260 e. The number of para-hydroxylation sites is 1. The van der Waals surface area contributed by atoms with Crippen LogP contribution in [0.15, 0.2) is 42.5 Å². The summed E-state index contributed by atoms with van der Waals surface area (Å²) in [6.07, 6.45) is 0. The third-order valence-electron chi connectivity index (χ3n) is 4.00. The molecule has 0 aliphatic carbocycles. The summed E-state index contributed by atoms with van der Waals surface area (Å²) in [6.45, 7) is 3.45. The minimum Gasteiger partial charge on any atom is -0.487 e. The average molecular weight is 292 g/mol. The Morgan fingerprint density at radius 3 is 2.91 bits per heavy atom. The molecule has 2 aromatic rings. The third-order valence-corrected chi connectivity index (χ3v) is 4.00. The van der Waals surface area contributed by atoms with Gasteiger partial charge in [0.1, 0.15) is 12.4 Å². The van der Waals surface area contributed by atoms with E-state index in [0.717, 1.165) is 34.6 Å². The second kappa shape index (κ2) is 4.91. The van der Waals surface area contributed by atoms with E-state index in [1.54, 1.807) is 0 Å². The van der Waals surface area contributed by atoms with Crippen LogP contribution in [0, 0.1) is 0 Å². The Labute approximate surface area is 128 Å². The minimum absolute atomic E-state index is 0.0974. The molecule has 22 heavy (non-hydrogen) atoms. The number of benzene rings is 2. The summed E-state index contributed by atoms with van der Waals surface area (Å²) >= 11 is 0. The number of nitrogens with one attached hydrogen (secondary N) is 2. The molecule has 4 heteroatoms. The quantitative estimate of drug-likeness (QED) is 0.833. The molecule has 4 rings (SSSR count). The zero-order chi connectivity index (χ0) is 15.1. The lowest BCUT2D eigenvalue weighted by Gasteiger charge is -2.06. The fourth-order valence-corrected chi connectivity index (χ4v) is 3.03. The van der Waals surface area contributed by atoms with Gasteiger partial charge in [0.15, 0.2) is 0 Å². The van der Waals surface area contributed by atoms with Crippen molar-refractivity contribution in [2.75, 3.05) is 17.2 Å². The molecule has 2 heterocycles. The van der Waals surface area contributed by atoms with E-state index in [2.05, 4.69) is 23.6 Å². The first-order valence-electron chi connectivity index (χ1n) is 7.43. The van der Waals surface area contributed by atoms with Crippen LogP contribution in [0.2, 0.25) is 0 Å². The van der Waals surface area contributed by atoms with Crippen molar-refractivity contribution < 1.29 is 9.53 Å². The lowest BCUT2D eigenvalue weighted by atomic mass is 10.0. The maximum absolute atomic E-state index is 12.3. The molecule has 0 atom stereocenters. The number of rotatable bonds is 2. The molecule has 2 aliphatic rings. The molecule has 1 amide bonds. The minimum atomic E-state index is -0.0974. The summed E-state index contributed by atoms with van der Waals surface area (Å²) in [6, 6.07) is 13.8. The Balaban J connectivity index is 1.85. The molecular formula is C18H16N2O2. The van der Waals surface area contributed by atoms with Gasteiger partial charge in [0.05, 0.1) is 5.57 Å². The van der Waals surface area contributed by atoms with Gasteiger partial charge in [-0.05, 0) is 31.2 Å². The van der Waals surface area contributed by atoms with Crippen LogP contribution in [0.1, 0.15) is 23.6 Å². The molecule has 110 valence electrons. The molecular weight excluding hydrogens is 276 g/mol. The van der Waals surface area contributed by atoms with Gasteiger partial charge in [-0.2, -0.15) is 0 Å². The predicted octanol–water partition coefficient (Wildman–Crippen LogP) is 3.47. The first-order valence-corrected chi connectivity index (χ1v) is 7.43. The molecule has 4 nitrogen and oxygen atoms in total. The molecule has 0 fully saturated rings. The Hall–Kier alpha value is -2.75. The number of hydrogen-bond donors (Lipinski definition) is 2. The maximum atomic E-state index is 12.3. The fourth-order valence-electron chi connectivity index (χ4n) is 3.03. The second-order valence-electron chi connectivity index (χ2n) is 5.39. The van der Waals surface area contributed by atoms with Crippen molar-refractivity contribution in [3.63, 3.8) is 0 Å². The normalized spacial score (nSPS) is 18.5. The van der Waals surface area contributed by atoms with E-state index in [1.165, 1.54) is 0 Å². The summed E-state index contributed by atoms with van der Waals surface area (Å²) in [4.78, 5) is 12.3. The van der Waals surface area contributed by atoms with E-state index >= 15 is 0 Å². The van der Waals surface area contributed by atoms with E-state index in [-0.39, 0.29) is 5.91 Å². The molecule has 0 saturated heterocycles. The van der Waals surface area contributed by atoms with E-state index in [4.69, 9.17) is 4.74 Å². The van der Waals surface area contributed by atoms with Crippen LogP contribution in [0.5, 0.6) is 0 Å². The van der Waals surface area contributed by atoms with Crippen LogP contribution < -0.4 is 10.6 Å². The van der Waals surface area contributed by atoms with Crippen LogP contribution in [0.3, 0.4) is 0 Å². The lowest BCUT2D eigenvalue weighted by Crippen LogP contribution is -2.05. The van der Waals surface area contributed by atoms with Crippen molar-refractivity contribution in [2.45, 2.75) is 13.5 Å². The highest BCUT2D eigenvalue weighted by atomic mass is 16.5. The van der Waals surface area contributed by atoms with Crippen LogP contribution in [0.4, 0.5) is 11.4 Å².